The molecule has 0 aromatic heterocycles. The summed E-state index contributed by atoms with van der Waals surface area (Å²) in [5.41, 5.74) is 4.32. The second-order valence-corrected chi connectivity index (χ2v) is 12.6. The van der Waals surface area contributed by atoms with Crippen LogP contribution in [0.5, 0.6) is 0 Å². The number of benzene rings is 1. The molecule has 35 heavy (non-hydrogen) atoms. The Labute approximate surface area is 207 Å². The van der Waals surface area contributed by atoms with E-state index in [1.165, 1.54) is 15.6 Å². The van der Waals surface area contributed by atoms with Crippen molar-refractivity contribution in [2.75, 3.05) is 37.7 Å². The molecule has 3 saturated heterocycles. The fraction of sp³-hybridized carbons (Fsp3) is 0.720. The van der Waals surface area contributed by atoms with Gasteiger partial charge in [0.25, 0.3) is 5.91 Å². The van der Waals surface area contributed by atoms with E-state index in [1.54, 1.807) is 5.48 Å². The molecule has 4 aliphatic heterocycles. The summed E-state index contributed by atoms with van der Waals surface area (Å²) in [4.78, 5) is 14.8. The summed E-state index contributed by atoms with van der Waals surface area (Å²) >= 11 is 0. The summed E-state index contributed by atoms with van der Waals surface area (Å²) in [7, 11) is -3.89. The van der Waals surface area contributed by atoms with Gasteiger partial charge in [-0.1, -0.05) is 37.5 Å². The van der Waals surface area contributed by atoms with Crippen LogP contribution in [0, 0.1) is 5.92 Å². The molecule has 0 saturated carbocycles. The van der Waals surface area contributed by atoms with Crippen LogP contribution in [0.15, 0.2) is 24.3 Å². The van der Waals surface area contributed by atoms with Gasteiger partial charge in [-0.15, -0.1) is 0 Å². The zero-order valence-electron chi connectivity index (χ0n) is 20.2. The van der Waals surface area contributed by atoms with Gasteiger partial charge in [-0.2, -0.15) is 0 Å². The van der Waals surface area contributed by atoms with Crippen molar-refractivity contribution < 1.29 is 27.9 Å². The van der Waals surface area contributed by atoms with Gasteiger partial charge in [0, 0.05) is 51.4 Å². The highest BCUT2D eigenvalue weighted by Crippen LogP contribution is 2.39. The van der Waals surface area contributed by atoms with Gasteiger partial charge < -0.3 is 14.4 Å². The quantitative estimate of drug-likeness (QED) is 0.229. The van der Waals surface area contributed by atoms with E-state index in [4.69, 9.17) is 9.47 Å². The fourth-order valence-corrected chi connectivity index (χ4v) is 8.26. The average molecular weight is 508 g/mol. The van der Waals surface area contributed by atoms with Gasteiger partial charge in [0.1, 0.15) is 6.10 Å². The van der Waals surface area contributed by atoms with E-state index < -0.39 is 20.7 Å². The van der Waals surface area contributed by atoms with Crippen LogP contribution in [0.3, 0.4) is 0 Å². The summed E-state index contributed by atoms with van der Waals surface area (Å²) in [5.74, 6) is -0.346. The van der Waals surface area contributed by atoms with E-state index in [-0.39, 0.29) is 32.3 Å². The molecule has 4 aliphatic rings. The van der Waals surface area contributed by atoms with Crippen molar-refractivity contribution in [2.45, 2.75) is 74.9 Å². The third kappa shape index (κ3) is 4.83. The summed E-state index contributed by atoms with van der Waals surface area (Å²) in [6.45, 7) is 2.28. The molecule has 194 valence electrons. The van der Waals surface area contributed by atoms with Crippen LogP contribution >= 0.6 is 0 Å². The molecule has 10 heteroatoms. The number of sulfonamides is 1. The number of hydrogen-bond donors (Lipinski definition) is 2. The zero-order chi connectivity index (χ0) is 24.5. The Bertz CT molecular complexity index is 1000. The Morgan fingerprint density at radius 3 is 2.54 bits per heavy atom. The van der Waals surface area contributed by atoms with Crippen molar-refractivity contribution in [3.63, 3.8) is 0 Å². The lowest BCUT2D eigenvalue weighted by atomic mass is 9.92. The van der Waals surface area contributed by atoms with Crippen LogP contribution in [0.2, 0.25) is 0 Å². The molecule has 0 aliphatic carbocycles. The zero-order valence-corrected chi connectivity index (χ0v) is 21.0. The van der Waals surface area contributed by atoms with Crippen LogP contribution in [0.1, 0.15) is 56.9 Å². The van der Waals surface area contributed by atoms with Gasteiger partial charge in [0.15, 0.2) is 11.0 Å². The van der Waals surface area contributed by atoms with Crippen molar-refractivity contribution in [1.82, 2.24) is 9.79 Å². The highest BCUT2D eigenvalue weighted by atomic mass is 32.2. The minimum Gasteiger partial charge on any atom is -0.381 e. The Kier molecular flexibility index (Phi) is 7.37. The highest BCUT2D eigenvalue weighted by Gasteiger charge is 2.54. The molecule has 1 aromatic rings. The Hall–Kier alpha value is -1.72. The molecule has 9 nitrogen and oxygen atoms in total. The maximum Gasteiger partial charge on any atom is 0.266 e. The number of hydrogen-bond acceptors (Lipinski definition) is 7. The molecule has 1 aromatic carbocycles. The number of para-hydroxylation sites is 1. The first-order valence-electron chi connectivity index (χ1n) is 13.0. The molecular weight excluding hydrogens is 470 g/mol. The summed E-state index contributed by atoms with van der Waals surface area (Å²) < 4.78 is 37.9. The summed E-state index contributed by atoms with van der Waals surface area (Å²) in [6, 6.07) is 8.58. The van der Waals surface area contributed by atoms with E-state index in [1.807, 2.05) is 0 Å². The lowest BCUT2D eigenvalue weighted by Gasteiger charge is -2.40. The predicted molar refractivity (Wildman–Crippen MR) is 131 cm³/mol. The number of nitrogens with one attached hydrogen (secondary N) is 1. The summed E-state index contributed by atoms with van der Waals surface area (Å²) in [6.07, 6.45) is 7.77. The maximum absolute atomic E-state index is 13.4. The van der Waals surface area contributed by atoms with Crippen molar-refractivity contribution in [2.24, 2.45) is 5.92 Å². The first-order chi connectivity index (χ1) is 17.0. The minimum atomic E-state index is -3.89. The maximum atomic E-state index is 13.4. The molecule has 4 heterocycles. The van der Waals surface area contributed by atoms with Gasteiger partial charge in [0.05, 0.1) is 0 Å². The van der Waals surface area contributed by atoms with Crippen LogP contribution in [0.25, 0.3) is 0 Å². The van der Waals surface area contributed by atoms with Crippen LogP contribution in [-0.2, 0) is 30.7 Å². The number of piperidine rings is 1. The molecule has 2 atom stereocenters. The molecule has 3 fully saturated rings. The van der Waals surface area contributed by atoms with Crippen molar-refractivity contribution in [3.8, 4) is 0 Å². The molecule has 2 N–H and O–H groups in total. The molecule has 1 amide bonds. The van der Waals surface area contributed by atoms with Gasteiger partial charge in [-0.25, -0.2) is 18.2 Å². The van der Waals surface area contributed by atoms with E-state index in [0.29, 0.717) is 25.1 Å². The van der Waals surface area contributed by atoms with Crippen molar-refractivity contribution in [3.05, 3.63) is 29.8 Å². The molecular formula is C25H37N3O6S. The minimum absolute atomic E-state index is 0.0644. The summed E-state index contributed by atoms with van der Waals surface area (Å²) in [5, 5.41) is 9.21. The molecule has 5 rings (SSSR count). The Morgan fingerprint density at radius 1 is 1.09 bits per heavy atom. The Balaban J connectivity index is 1.04. The number of rotatable bonds is 9. The van der Waals surface area contributed by atoms with E-state index in [2.05, 4.69) is 29.2 Å². The normalized spacial score (nSPS) is 26.9. The van der Waals surface area contributed by atoms with Gasteiger partial charge in [0.2, 0.25) is 10.0 Å². The topological polar surface area (TPSA) is 112 Å². The fourth-order valence-electron chi connectivity index (χ4n) is 6.12. The largest absolute Gasteiger partial charge is 0.381 e. The molecule has 2 unspecified atom stereocenters. The third-order valence-electron chi connectivity index (χ3n) is 8.36. The number of epoxide rings is 1. The lowest BCUT2D eigenvalue weighted by Crippen LogP contribution is -2.60. The predicted octanol–water partition coefficient (Wildman–Crippen LogP) is 2.43. The lowest BCUT2D eigenvalue weighted by molar-refractivity contribution is -0.134. The van der Waals surface area contributed by atoms with Crippen molar-refractivity contribution in [1.29, 1.82) is 0 Å². The second-order valence-electron chi connectivity index (χ2n) is 10.3. The second kappa shape index (κ2) is 10.3. The standard InChI is InChI=1S/C25H37N3O6S/c29-24(26-30)25(12-17-33-18-13-25)35(31,32)27-14-9-19(10-15-27)5-1-4-8-22-23(34-22)28-16-11-20-6-2-3-7-21(20)28/h2-3,6-7,19,22-23,30H,1,4-5,8-18H2,(H,26,29). The Morgan fingerprint density at radius 2 is 1.80 bits per heavy atom. The molecule has 0 bridgehead atoms. The van der Waals surface area contributed by atoms with Gasteiger partial charge in [-0.05, 0) is 43.2 Å². The molecule has 0 spiro atoms. The van der Waals surface area contributed by atoms with Gasteiger partial charge in [-0.3, -0.25) is 10.0 Å². The van der Waals surface area contributed by atoms with E-state index in [9.17, 15) is 18.4 Å². The highest BCUT2D eigenvalue weighted by molar-refractivity contribution is 7.91. The van der Waals surface area contributed by atoms with Crippen LogP contribution in [0.4, 0.5) is 5.69 Å². The first-order valence-corrected chi connectivity index (χ1v) is 14.4. The number of fused-ring (bicyclic) bond motifs is 1. The number of anilines is 1. The number of unbranched alkanes of at least 4 members (excludes halogenated alkanes) is 1. The van der Waals surface area contributed by atoms with E-state index >= 15 is 0 Å². The van der Waals surface area contributed by atoms with Crippen LogP contribution in [-0.4, -0.2) is 73.8 Å². The monoisotopic (exact) mass is 507 g/mol. The smallest absolute Gasteiger partial charge is 0.266 e. The number of amides is 1. The first kappa shape index (κ1) is 25.0. The molecule has 0 radical (unpaired) electrons. The SMILES string of the molecule is O=C(NO)C1(S(=O)(=O)N2CCC(CCCCC3OC3N3CCc4ccccc43)CC2)CCOCC1. The number of carbonyl (C=O) groups is 1. The number of nitrogens with zero attached hydrogens (tertiary/aromatic N) is 2. The van der Waals surface area contributed by atoms with E-state index in [0.717, 1.165) is 51.5 Å². The number of hydroxylamine groups is 1. The average Bonchev–Trinajstić information content (AvgIpc) is 3.54. The number of carbonyl (C=O) groups excluding carboxylic acids is 1. The van der Waals surface area contributed by atoms with Crippen molar-refractivity contribution >= 4 is 21.6 Å². The number of ether oxygens (including phenoxy) is 2. The third-order valence-corrected chi connectivity index (χ3v) is 11.0. The van der Waals surface area contributed by atoms with Crippen LogP contribution < -0.4 is 10.4 Å². The van der Waals surface area contributed by atoms with Gasteiger partial charge >= 0.3 is 0 Å².